The Balaban J connectivity index is 1.48. The van der Waals surface area contributed by atoms with E-state index in [1.165, 1.54) is 11.3 Å². The van der Waals surface area contributed by atoms with Gasteiger partial charge in [0.25, 0.3) is 5.91 Å². The molecule has 0 spiro atoms. The van der Waals surface area contributed by atoms with Gasteiger partial charge < -0.3 is 9.64 Å². The van der Waals surface area contributed by atoms with Gasteiger partial charge in [-0.25, -0.2) is 4.98 Å². The van der Waals surface area contributed by atoms with Crippen LogP contribution in [0.25, 0.3) is 10.6 Å². The molecule has 158 valence electrons. The van der Waals surface area contributed by atoms with Crippen molar-refractivity contribution in [3.8, 4) is 10.6 Å². The minimum absolute atomic E-state index is 0.0604. The highest BCUT2D eigenvalue weighted by Crippen LogP contribution is 2.30. The van der Waals surface area contributed by atoms with Crippen molar-refractivity contribution < 1.29 is 9.53 Å². The van der Waals surface area contributed by atoms with Crippen molar-refractivity contribution in [3.63, 3.8) is 0 Å². The van der Waals surface area contributed by atoms with Crippen LogP contribution in [0, 0.1) is 6.92 Å². The molecule has 0 radical (unpaired) electrons. The minimum Gasteiger partial charge on any atom is -0.379 e. The van der Waals surface area contributed by atoms with Crippen molar-refractivity contribution in [3.05, 3.63) is 57.5 Å². The van der Waals surface area contributed by atoms with Crippen LogP contribution in [0.5, 0.6) is 0 Å². The van der Waals surface area contributed by atoms with Gasteiger partial charge in [0.15, 0.2) is 0 Å². The summed E-state index contributed by atoms with van der Waals surface area (Å²) in [6.45, 7) is 7.73. The number of thiophene rings is 1. The molecule has 4 heterocycles. The number of hydrogen-bond donors (Lipinski definition) is 0. The van der Waals surface area contributed by atoms with Crippen molar-refractivity contribution in [2.24, 2.45) is 0 Å². The summed E-state index contributed by atoms with van der Waals surface area (Å²) in [5, 5.41) is 5.02. The monoisotopic (exact) mass is 442 g/mol. The standard InChI is InChI=1S/C22H26N4O2S2/c1-17-20(30-21(24-17)19-5-14-29-16-19)22(27)26(15-18-3-6-23-7-4-18)9-2-8-25-10-12-28-13-11-25/h3-7,14,16H,2,8-13,15H2,1H3. The molecule has 1 aliphatic rings. The van der Waals surface area contributed by atoms with Crippen LogP contribution in [-0.4, -0.2) is 65.1 Å². The van der Waals surface area contributed by atoms with Crippen molar-refractivity contribution in [1.29, 1.82) is 0 Å². The Kier molecular flexibility index (Phi) is 7.22. The summed E-state index contributed by atoms with van der Waals surface area (Å²) in [4.78, 5) is 27.3. The number of morpholine rings is 1. The Hall–Kier alpha value is -2.13. The van der Waals surface area contributed by atoms with Crippen LogP contribution < -0.4 is 0 Å². The average Bonchev–Trinajstić information content (AvgIpc) is 3.44. The summed E-state index contributed by atoms with van der Waals surface area (Å²) < 4.78 is 5.43. The van der Waals surface area contributed by atoms with Gasteiger partial charge >= 0.3 is 0 Å². The van der Waals surface area contributed by atoms with E-state index in [9.17, 15) is 4.79 Å². The van der Waals surface area contributed by atoms with E-state index in [-0.39, 0.29) is 5.91 Å². The lowest BCUT2D eigenvalue weighted by Crippen LogP contribution is -2.39. The molecule has 3 aromatic heterocycles. The first-order valence-electron chi connectivity index (χ1n) is 10.2. The molecule has 0 atom stereocenters. The van der Waals surface area contributed by atoms with Crippen molar-refractivity contribution in [1.82, 2.24) is 19.8 Å². The number of nitrogens with zero attached hydrogens (tertiary/aromatic N) is 4. The molecule has 0 unspecified atom stereocenters. The van der Waals surface area contributed by atoms with Crippen LogP contribution in [0.3, 0.4) is 0 Å². The maximum atomic E-state index is 13.5. The van der Waals surface area contributed by atoms with E-state index in [1.807, 2.05) is 35.4 Å². The van der Waals surface area contributed by atoms with Gasteiger partial charge in [-0.1, -0.05) is 0 Å². The molecule has 4 rings (SSSR count). The first-order chi connectivity index (χ1) is 14.7. The smallest absolute Gasteiger partial charge is 0.266 e. The van der Waals surface area contributed by atoms with E-state index in [0.29, 0.717) is 13.1 Å². The summed E-state index contributed by atoms with van der Waals surface area (Å²) in [6, 6.07) is 5.99. The Morgan fingerprint density at radius 3 is 2.77 bits per heavy atom. The Bertz CT molecular complexity index is 937. The number of carbonyl (C=O) groups is 1. The predicted molar refractivity (Wildman–Crippen MR) is 121 cm³/mol. The van der Waals surface area contributed by atoms with Crippen molar-refractivity contribution in [2.45, 2.75) is 19.9 Å². The zero-order chi connectivity index (χ0) is 20.8. The van der Waals surface area contributed by atoms with Gasteiger partial charge in [0, 0.05) is 56.1 Å². The topological polar surface area (TPSA) is 58.6 Å². The lowest BCUT2D eigenvalue weighted by atomic mass is 10.2. The summed E-state index contributed by atoms with van der Waals surface area (Å²) in [6.07, 6.45) is 4.49. The second-order valence-electron chi connectivity index (χ2n) is 7.34. The summed E-state index contributed by atoms with van der Waals surface area (Å²) in [7, 11) is 0. The van der Waals surface area contributed by atoms with E-state index in [4.69, 9.17) is 4.74 Å². The van der Waals surface area contributed by atoms with E-state index in [1.54, 1.807) is 23.7 Å². The molecule has 3 aromatic rings. The van der Waals surface area contributed by atoms with Gasteiger partial charge in [0.2, 0.25) is 0 Å². The maximum absolute atomic E-state index is 13.5. The van der Waals surface area contributed by atoms with Gasteiger partial charge in [-0.05, 0) is 42.5 Å². The number of carbonyl (C=O) groups excluding carboxylic acids is 1. The number of hydrogen-bond acceptors (Lipinski definition) is 7. The van der Waals surface area contributed by atoms with Crippen LogP contribution in [0.1, 0.15) is 27.3 Å². The quantitative estimate of drug-likeness (QED) is 0.529. The molecule has 6 nitrogen and oxygen atoms in total. The molecular formula is C22H26N4O2S2. The second-order valence-corrected chi connectivity index (χ2v) is 9.11. The molecule has 0 bridgehead atoms. The molecule has 0 aliphatic carbocycles. The fourth-order valence-electron chi connectivity index (χ4n) is 3.52. The molecule has 0 aromatic carbocycles. The van der Waals surface area contributed by atoms with Gasteiger partial charge in [-0.2, -0.15) is 11.3 Å². The molecule has 30 heavy (non-hydrogen) atoms. The third kappa shape index (κ3) is 5.31. The molecule has 8 heteroatoms. The normalized spacial score (nSPS) is 14.7. The van der Waals surface area contributed by atoms with E-state index in [2.05, 4.69) is 20.2 Å². The number of pyridine rings is 1. The minimum atomic E-state index is 0.0604. The first-order valence-corrected chi connectivity index (χ1v) is 11.9. The number of ether oxygens (including phenoxy) is 1. The number of thiazole rings is 1. The molecule has 1 amide bonds. The van der Waals surface area contributed by atoms with E-state index < -0.39 is 0 Å². The Morgan fingerprint density at radius 2 is 2.03 bits per heavy atom. The first kappa shape index (κ1) is 21.1. The lowest BCUT2D eigenvalue weighted by Gasteiger charge is -2.28. The van der Waals surface area contributed by atoms with Crippen LogP contribution >= 0.6 is 22.7 Å². The largest absolute Gasteiger partial charge is 0.379 e. The molecular weight excluding hydrogens is 416 g/mol. The Morgan fingerprint density at radius 1 is 1.23 bits per heavy atom. The van der Waals surface area contributed by atoms with E-state index >= 15 is 0 Å². The molecule has 1 saturated heterocycles. The SMILES string of the molecule is Cc1nc(-c2ccsc2)sc1C(=O)N(CCCN1CCOCC1)Cc1ccncc1. The van der Waals surface area contributed by atoms with Gasteiger partial charge in [0.05, 0.1) is 18.9 Å². The second kappa shape index (κ2) is 10.3. The van der Waals surface area contributed by atoms with Crippen LogP contribution in [0.2, 0.25) is 0 Å². The third-order valence-corrected chi connectivity index (χ3v) is 7.05. The van der Waals surface area contributed by atoms with Crippen molar-refractivity contribution in [2.75, 3.05) is 39.4 Å². The predicted octanol–water partition coefficient (Wildman–Crippen LogP) is 3.94. The molecule has 1 fully saturated rings. The highest BCUT2D eigenvalue weighted by atomic mass is 32.1. The summed E-state index contributed by atoms with van der Waals surface area (Å²) >= 11 is 3.13. The Labute approximate surface area is 185 Å². The molecule has 0 saturated carbocycles. The lowest BCUT2D eigenvalue weighted by molar-refractivity contribution is 0.0356. The third-order valence-electron chi connectivity index (χ3n) is 5.18. The van der Waals surface area contributed by atoms with Crippen LogP contribution in [0.15, 0.2) is 41.4 Å². The van der Waals surface area contributed by atoms with Crippen LogP contribution in [0.4, 0.5) is 0 Å². The van der Waals surface area contributed by atoms with Gasteiger partial charge in [-0.3, -0.25) is 14.7 Å². The number of amides is 1. The van der Waals surface area contributed by atoms with Gasteiger partial charge in [-0.15, -0.1) is 11.3 Å². The fraction of sp³-hybridized carbons (Fsp3) is 0.409. The maximum Gasteiger partial charge on any atom is 0.266 e. The number of aryl methyl sites for hydroxylation is 1. The summed E-state index contributed by atoms with van der Waals surface area (Å²) in [5.74, 6) is 0.0604. The van der Waals surface area contributed by atoms with E-state index in [0.717, 1.165) is 66.0 Å². The fourth-order valence-corrected chi connectivity index (χ4v) is 5.26. The average molecular weight is 443 g/mol. The number of rotatable bonds is 8. The molecule has 1 aliphatic heterocycles. The highest BCUT2D eigenvalue weighted by molar-refractivity contribution is 7.17. The number of aromatic nitrogens is 2. The zero-order valence-electron chi connectivity index (χ0n) is 17.1. The summed E-state index contributed by atoms with van der Waals surface area (Å²) in [5.41, 5.74) is 2.98. The molecule has 0 N–H and O–H groups in total. The zero-order valence-corrected chi connectivity index (χ0v) is 18.8. The van der Waals surface area contributed by atoms with Crippen LogP contribution in [-0.2, 0) is 11.3 Å². The highest BCUT2D eigenvalue weighted by Gasteiger charge is 2.23. The van der Waals surface area contributed by atoms with Gasteiger partial charge in [0.1, 0.15) is 9.88 Å². The van der Waals surface area contributed by atoms with Crippen molar-refractivity contribution >= 4 is 28.6 Å².